The van der Waals surface area contributed by atoms with Crippen molar-refractivity contribution in [2.24, 2.45) is 5.73 Å². The van der Waals surface area contributed by atoms with Gasteiger partial charge in [0.15, 0.2) is 0 Å². The van der Waals surface area contributed by atoms with E-state index in [2.05, 4.69) is 15.1 Å². The molecule has 1 aromatic carbocycles. The number of pyridine rings is 1. The summed E-state index contributed by atoms with van der Waals surface area (Å²) in [4.78, 5) is 8.61. The first-order valence-electron chi connectivity index (χ1n) is 6.43. The second kappa shape index (κ2) is 5.72. The Bertz CT molecular complexity index is 658. The first kappa shape index (κ1) is 13.3. The molecule has 6 nitrogen and oxygen atoms in total. The van der Waals surface area contributed by atoms with Crippen LogP contribution in [0.3, 0.4) is 0 Å². The Balaban J connectivity index is 1.87. The number of methoxy groups -OCH3 is 1. The third kappa shape index (κ3) is 2.75. The Labute approximate surface area is 121 Å². The lowest BCUT2D eigenvalue weighted by Gasteiger charge is -1.99. The molecule has 3 rings (SSSR count). The minimum atomic E-state index is 0.379. The number of nitrogens with zero attached hydrogens (tertiary/aromatic N) is 3. The third-order valence-corrected chi connectivity index (χ3v) is 3.05. The van der Waals surface area contributed by atoms with Gasteiger partial charge in [0.2, 0.25) is 5.82 Å². The molecule has 0 aliphatic heterocycles. The molecule has 0 aliphatic rings. The van der Waals surface area contributed by atoms with Gasteiger partial charge in [0, 0.05) is 18.3 Å². The molecule has 0 aliphatic carbocycles. The van der Waals surface area contributed by atoms with Gasteiger partial charge < -0.3 is 15.0 Å². The minimum absolute atomic E-state index is 0.379. The van der Waals surface area contributed by atoms with Crippen molar-refractivity contribution in [2.45, 2.75) is 6.54 Å². The molecule has 106 valence electrons. The van der Waals surface area contributed by atoms with Crippen molar-refractivity contribution in [3.05, 3.63) is 48.2 Å². The van der Waals surface area contributed by atoms with E-state index in [-0.39, 0.29) is 0 Å². The molecule has 21 heavy (non-hydrogen) atoms. The van der Waals surface area contributed by atoms with E-state index in [1.165, 1.54) is 0 Å². The van der Waals surface area contributed by atoms with Crippen LogP contribution in [0.5, 0.6) is 5.75 Å². The summed E-state index contributed by atoms with van der Waals surface area (Å²) in [6.45, 7) is 0.453. The van der Waals surface area contributed by atoms with Crippen LogP contribution >= 0.6 is 0 Å². The van der Waals surface area contributed by atoms with Crippen LogP contribution in [-0.2, 0) is 6.54 Å². The number of ether oxygens (including phenoxy) is 1. The predicted octanol–water partition coefficient (Wildman–Crippen LogP) is 2.27. The van der Waals surface area contributed by atoms with Crippen LogP contribution in [0.2, 0.25) is 0 Å². The summed E-state index contributed by atoms with van der Waals surface area (Å²) in [6.07, 6.45) is 1.70. The van der Waals surface area contributed by atoms with Crippen LogP contribution in [0.15, 0.2) is 47.1 Å². The van der Waals surface area contributed by atoms with E-state index in [4.69, 9.17) is 15.0 Å². The van der Waals surface area contributed by atoms with Crippen molar-refractivity contribution in [1.29, 1.82) is 0 Å². The fraction of sp³-hybridized carbons (Fsp3) is 0.133. The molecule has 0 unspecified atom stereocenters. The summed E-state index contributed by atoms with van der Waals surface area (Å²) in [5.74, 6) is 1.67. The topological polar surface area (TPSA) is 87.1 Å². The molecule has 0 saturated heterocycles. The van der Waals surface area contributed by atoms with Gasteiger partial charge in [-0.25, -0.2) is 0 Å². The highest BCUT2D eigenvalue weighted by Gasteiger charge is 2.11. The fourth-order valence-electron chi connectivity index (χ4n) is 1.86. The molecule has 0 saturated carbocycles. The van der Waals surface area contributed by atoms with Crippen molar-refractivity contribution in [3.8, 4) is 28.7 Å². The van der Waals surface area contributed by atoms with Gasteiger partial charge >= 0.3 is 0 Å². The molecular formula is C15H14N4O2. The maximum absolute atomic E-state index is 5.54. The number of rotatable bonds is 4. The summed E-state index contributed by atoms with van der Waals surface area (Å²) in [5.41, 5.74) is 7.97. The maximum atomic E-state index is 5.54. The first-order chi connectivity index (χ1) is 10.3. The Morgan fingerprint density at radius 2 is 1.95 bits per heavy atom. The van der Waals surface area contributed by atoms with Gasteiger partial charge in [-0.3, -0.25) is 4.98 Å². The van der Waals surface area contributed by atoms with E-state index in [0.29, 0.717) is 24.0 Å². The Kier molecular flexibility index (Phi) is 3.61. The van der Waals surface area contributed by atoms with E-state index in [9.17, 15) is 0 Å². The van der Waals surface area contributed by atoms with Gasteiger partial charge in [-0.2, -0.15) is 4.98 Å². The van der Waals surface area contributed by atoms with Crippen LogP contribution < -0.4 is 10.5 Å². The lowest BCUT2D eigenvalue weighted by Crippen LogP contribution is -1.96. The normalized spacial score (nSPS) is 10.6. The average molecular weight is 282 g/mol. The van der Waals surface area contributed by atoms with Gasteiger partial charge in [-0.1, -0.05) is 11.2 Å². The highest BCUT2D eigenvalue weighted by atomic mass is 16.5. The third-order valence-electron chi connectivity index (χ3n) is 3.05. The Morgan fingerprint density at radius 1 is 1.14 bits per heavy atom. The van der Waals surface area contributed by atoms with E-state index in [0.717, 1.165) is 16.9 Å². The van der Waals surface area contributed by atoms with E-state index < -0.39 is 0 Å². The van der Waals surface area contributed by atoms with Crippen molar-refractivity contribution in [3.63, 3.8) is 0 Å². The zero-order valence-electron chi connectivity index (χ0n) is 11.5. The largest absolute Gasteiger partial charge is 0.497 e. The number of hydrogen-bond donors (Lipinski definition) is 1. The van der Waals surface area contributed by atoms with Crippen LogP contribution in [0.4, 0.5) is 0 Å². The molecule has 0 radical (unpaired) electrons. The van der Waals surface area contributed by atoms with Crippen LogP contribution in [-0.4, -0.2) is 22.2 Å². The monoisotopic (exact) mass is 282 g/mol. The summed E-state index contributed by atoms with van der Waals surface area (Å²) >= 11 is 0. The molecular weight excluding hydrogens is 268 g/mol. The molecule has 0 fully saturated rings. The number of nitrogens with two attached hydrogens (primary N) is 1. The van der Waals surface area contributed by atoms with E-state index in [1.54, 1.807) is 13.3 Å². The second-order valence-electron chi connectivity index (χ2n) is 4.41. The standard InChI is InChI=1S/C15H14N4O2/c1-20-12-5-3-11(4-6-12)14-18-15(21-19-14)13-7-2-10(8-16)9-17-13/h2-7,9H,8,16H2,1H3. The zero-order chi connectivity index (χ0) is 14.7. The maximum Gasteiger partial charge on any atom is 0.276 e. The lowest BCUT2D eigenvalue weighted by molar-refractivity contribution is 0.414. The van der Waals surface area contributed by atoms with Crippen molar-refractivity contribution >= 4 is 0 Å². The minimum Gasteiger partial charge on any atom is -0.497 e. The van der Waals surface area contributed by atoms with Crippen molar-refractivity contribution in [1.82, 2.24) is 15.1 Å². The SMILES string of the molecule is COc1ccc(-c2noc(-c3ccc(CN)cn3)n2)cc1. The van der Waals surface area contributed by atoms with Gasteiger partial charge in [0.05, 0.1) is 7.11 Å². The molecule has 0 amide bonds. The Morgan fingerprint density at radius 3 is 2.57 bits per heavy atom. The number of benzene rings is 1. The summed E-state index contributed by atoms with van der Waals surface area (Å²) in [7, 11) is 1.62. The number of hydrogen-bond acceptors (Lipinski definition) is 6. The van der Waals surface area contributed by atoms with Crippen LogP contribution in [0.25, 0.3) is 23.0 Å². The predicted molar refractivity (Wildman–Crippen MR) is 77.4 cm³/mol. The van der Waals surface area contributed by atoms with Crippen LogP contribution in [0.1, 0.15) is 5.56 Å². The average Bonchev–Trinajstić information content (AvgIpc) is 3.05. The van der Waals surface area contributed by atoms with Gasteiger partial charge in [0.25, 0.3) is 5.89 Å². The highest BCUT2D eigenvalue weighted by Crippen LogP contribution is 2.22. The van der Waals surface area contributed by atoms with Crippen molar-refractivity contribution in [2.75, 3.05) is 7.11 Å². The van der Waals surface area contributed by atoms with Crippen molar-refractivity contribution < 1.29 is 9.26 Å². The molecule has 0 spiro atoms. The van der Waals surface area contributed by atoms with Crippen LogP contribution in [0, 0.1) is 0 Å². The highest BCUT2D eigenvalue weighted by molar-refractivity contribution is 5.58. The molecule has 0 atom stereocenters. The molecule has 2 aromatic heterocycles. The molecule has 3 aromatic rings. The van der Waals surface area contributed by atoms with Gasteiger partial charge in [-0.15, -0.1) is 0 Å². The lowest BCUT2D eigenvalue weighted by atomic mass is 10.2. The first-order valence-corrected chi connectivity index (χ1v) is 6.43. The van der Waals surface area contributed by atoms with E-state index in [1.807, 2.05) is 36.4 Å². The van der Waals surface area contributed by atoms with Gasteiger partial charge in [-0.05, 0) is 35.9 Å². The summed E-state index contributed by atoms with van der Waals surface area (Å²) in [6, 6.07) is 11.1. The fourth-order valence-corrected chi connectivity index (χ4v) is 1.86. The van der Waals surface area contributed by atoms with Gasteiger partial charge in [0.1, 0.15) is 11.4 Å². The summed E-state index contributed by atoms with van der Waals surface area (Å²) in [5, 5.41) is 3.97. The molecule has 2 N–H and O–H groups in total. The molecule has 2 heterocycles. The zero-order valence-corrected chi connectivity index (χ0v) is 11.5. The smallest absolute Gasteiger partial charge is 0.276 e. The second-order valence-corrected chi connectivity index (χ2v) is 4.41. The molecule has 0 bridgehead atoms. The summed E-state index contributed by atoms with van der Waals surface area (Å²) < 4.78 is 10.4. The van der Waals surface area contributed by atoms with E-state index >= 15 is 0 Å². The number of aromatic nitrogens is 3. The quantitative estimate of drug-likeness (QED) is 0.789. The Hall–Kier alpha value is -2.73. The molecule has 6 heteroatoms.